The zero-order valence-electron chi connectivity index (χ0n) is 15.2. The van der Waals surface area contributed by atoms with Gasteiger partial charge in [0.2, 0.25) is 0 Å². The first-order chi connectivity index (χ1) is 13.2. The van der Waals surface area contributed by atoms with Crippen molar-refractivity contribution < 1.29 is 4.79 Å². The van der Waals surface area contributed by atoms with Crippen molar-refractivity contribution in [3.63, 3.8) is 0 Å². The Morgan fingerprint density at radius 3 is 2.15 bits per heavy atom. The van der Waals surface area contributed by atoms with E-state index in [0.29, 0.717) is 18.1 Å². The summed E-state index contributed by atoms with van der Waals surface area (Å²) in [4.78, 5) is 19.6. The first kappa shape index (κ1) is 17.0. The lowest BCUT2D eigenvalue weighted by atomic mass is 10.1. The minimum absolute atomic E-state index is 0.0710. The van der Waals surface area contributed by atoms with E-state index in [1.165, 1.54) is 5.56 Å². The maximum Gasteiger partial charge on any atom is 0.278 e. The Balaban J connectivity index is 1.74. The molecule has 0 radical (unpaired) electrons. The molecule has 132 valence electrons. The molecule has 0 saturated carbocycles. The minimum atomic E-state index is -0.0710. The molecule has 0 unspecified atom stereocenters. The average Bonchev–Trinajstić information content (AvgIpc) is 3.00. The summed E-state index contributed by atoms with van der Waals surface area (Å²) in [5.41, 5.74) is 4.63. The van der Waals surface area contributed by atoms with Gasteiger partial charge < -0.3 is 0 Å². The lowest BCUT2D eigenvalue weighted by Gasteiger charge is -2.18. The largest absolute Gasteiger partial charge is 0.286 e. The van der Waals surface area contributed by atoms with E-state index in [9.17, 15) is 4.79 Å². The number of benzene rings is 3. The van der Waals surface area contributed by atoms with Crippen molar-refractivity contribution in [2.24, 2.45) is 4.99 Å². The van der Waals surface area contributed by atoms with Gasteiger partial charge in [-0.1, -0.05) is 90.5 Å². The highest BCUT2D eigenvalue weighted by atomic mass is 16.2. The fraction of sp³-hybridized carbons (Fsp3) is 0.0833. The molecule has 27 heavy (non-hydrogen) atoms. The van der Waals surface area contributed by atoms with E-state index in [2.05, 4.69) is 0 Å². The van der Waals surface area contributed by atoms with E-state index >= 15 is 0 Å². The second kappa shape index (κ2) is 7.42. The summed E-state index contributed by atoms with van der Waals surface area (Å²) in [6.45, 7) is 2.55. The molecule has 0 bridgehead atoms. The Morgan fingerprint density at radius 2 is 1.48 bits per heavy atom. The van der Waals surface area contributed by atoms with E-state index in [4.69, 9.17) is 4.99 Å². The first-order valence-corrected chi connectivity index (χ1v) is 8.99. The summed E-state index contributed by atoms with van der Waals surface area (Å²) in [6.07, 6.45) is 1.85. The Kier molecular flexibility index (Phi) is 4.67. The molecule has 0 fully saturated rings. The molecule has 1 aliphatic rings. The number of carbonyl (C=O) groups is 1. The van der Waals surface area contributed by atoms with Gasteiger partial charge in [0.1, 0.15) is 11.5 Å². The van der Waals surface area contributed by atoms with Crippen molar-refractivity contribution in [1.29, 1.82) is 0 Å². The Bertz CT molecular complexity index is 1000. The fourth-order valence-corrected chi connectivity index (χ4v) is 3.09. The van der Waals surface area contributed by atoms with Gasteiger partial charge in [0.25, 0.3) is 5.91 Å². The first-order valence-electron chi connectivity index (χ1n) is 8.99. The predicted octanol–water partition coefficient (Wildman–Crippen LogP) is 4.83. The number of carbonyl (C=O) groups excluding carboxylic acids is 1. The smallest absolute Gasteiger partial charge is 0.278 e. The molecule has 0 aromatic heterocycles. The van der Waals surface area contributed by atoms with Gasteiger partial charge in [0.05, 0.1) is 6.54 Å². The lowest BCUT2D eigenvalue weighted by Crippen LogP contribution is -2.32. The molecule has 0 saturated heterocycles. The molecular weight excluding hydrogens is 332 g/mol. The number of aliphatic imine (C=N–C) groups is 1. The monoisotopic (exact) mass is 352 g/mol. The quantitative estimate of drug-likeness (QED) is 0.619. The number of aryl methyl sites for hydroxylation is 1. The number of hydrogen-bond acceptors (Lipinski definition) is 2. The Hall–Kier alpha value is -3.46. The highest BCUT2D eigenvalue weighted by molar-refractivity contribution is 6.19. The molecule has 1 amide bonds. The van der Waals surface area contributed by atoms with E-state index in [1.807, 2.05) is 97.9 Å². The number of hydrogen-bond donors (Lipinski definition) is 0. The second-order valence-corrected chi connectivity index (χ2v) is 6.62. The third-order valence-corrected chi connectivity index (χ3v) is 4.54. The summed E-state index contributed by atoms with van der Waals surface area (Å²) in [7, 11) is 0. The van der Waals surface area contributed by atoms with Crippen LogP contribution in [0.15, 0.2) is 95.6 Å². The van der Waals surface area contributed by atoms with E-state index < -0.39 is 0 Å². The van der Waals surface area contributed by atoms with Gasteiger partial charge in [-0.2, -0.15) is 0 Å². The summed E-state index contributed by atoms with van der Waals surface area (Å²) >= 11 is 0. The van der Waals surface area contributed by atoms with Crippen molar-refractivity contribution in [2.75, 3.05) is 0 Å². The van der Waals surface area contributed by atoms with Crippen molar-refractivity contribution in [2.45, 2.75) is 13.5 Å². The van der Waals surface area contributed by atoms with E-state index in [0.717, 1.165) is 16.7 Å². The lowest BCUT2D eigenvalue weighted by molar-refractivity contribution is -0.123. The zero-order chi connectivity index (χ0) is 18.6. The van der Waals surface area contributed by atoms with Crippen LogP contribution >= 0.6 is 0 Å². The molecule has 1 aliphatic heterocycles. The maximum absolute atomic E-state index is 13.1. The topological polar surface area (TPSA) is 32.7 Å². The van der Waals surface area contributed by atoms with E-state index in [1.54, 1.807) is 4.90 Å². The predicted molar refractivity (Wildman–Crippen MR) is 109 cm³/mol. The van der Waals surface area contributed by atoms with Crippen LogP contribution in [0.3, 0.4) is 0 Å². The van der Waals surface area contributed by atoms with Gasteiger partial charge >= 0.3 is 0 Å². The fourth-order valence-electron chi connectivity index (χ4n) is 3.09. The molecular formula is C24H20N2O. The number of nitrogens with zero attached hydrogens (tertiary/aromatic N) is 2. The highest BCUT2D eigenvalue weighted by Crippen LogP contribution is 2.24. The van der Waals surface area contributed by atoms with Crippen LogP contribution in [0.1, 0.15) is 22.3 Å². The van der Waals surface area contributed by atoms with Crippen LogP contribution in [0, 0.1) is 6.92 Å². The van der Waals surface area contributed by atoms with E-state index in [-0.39, 0.29) is 5.91 Å². The summed E-state index contributed by atoms with van der Waals surface area (Å²) in [5.74, 6) is 0.629. The van der Waals surface area contributed by atoms with Crippen LogP contribution in [0.5, 0.6) is 0 Å². The zero-order valence-corrected chi connectivity index (χ0v) is 15.2. The SMILES string of the molecule is Cc1ccc(C2=N/C(=C/c3ccccc3)C(=O)N2Cc2ccccc2)cc1. The molecule has 0 atom stereocenters. The molecule has 1 heterocycles. The molecule has 4 rings (SSSR count). The summed E-state index contributed by atoms with van der Waals surface area (Å²) < 4.78 is 0. The van der Waals surface area contributed by atoms with Crippen molar-refractivity contribution >= 4 is 17.8 Å². The molecule has 0 spiro atoms. The minimum Gasteiger partial charge on any atom is -0.286 e. The van der Waals surface area contributed by atoms with Gasteiger partial charge in [-0.25, -0.2) is 4.99 Å². The Labute approximate surface area is 159 Å². The van der Waals surface area contributed by atoms with Crippen molar-refractivity contribution in [3.8, 4) is 0 Å². The molecule has 3 nitrogen and oxygen atoms in total. The average molecular weight is 352 g/mol. The third kappa shape index (κ3) is 3.72. The van der Waals surface area contributed by atoms with Gasteiger partial charge in [-0.05, 0) is 24.1 Å². The molecule has 3 aromatic rings. The molecule has 3 heteroatoms. The van der Waals surface area contributed by atoms with Gasteiger partial charge in [0, 0.05) is 5.56 Å². The molecule has 0 aliphatic carbocycles. The standard InChI is InChI=1S/C24H20N2O/c1-18-12-14-21(15-13-18)23-25-22(16-19-8-4-2-5-9-19)24(27)26(23)17-20-10-6-3-7-11-20/h2-16H,17H2,1H3/b22-16+. The third-order valence-electron chi connectivity index (χ3n) is 4.54. The van der Waals surface area contributed by atoms with Crippen molar-refractivity contribution in [1.82, 2.24) is 4.90 Å². The van der Waals surface area contributed by atoms with Crippen LogP contribution in [-0.2, 0) is 11.3 Å². The maximum atomic E-state index is 13.1. The second-order valence-electron chi connectivity index (χ2n) is 6.62. The summed E-state index contributed by atoms with van der Waals surface area (Å²) in [6, 6.07) is 27.9. The number of amidine groups is 1. The highest BCUT2D eigenvalue weighted by Gasteiger charge is 2.31. The van der Waals surface area contributed by atoms with Gasteiger partial charge in [-0.3, -0.25) is 9.69 Å². The van der Waals surface area contributed by atoms with Crippen molar-refractivity contribution in [3.05, 3.63) is 113 Å². The van der Waals surface area contributed by atoms with Gasteiger partial charge in [0.15, 0.2) is 0 Å². The normalized spacial score (nSPS) is 15.3. The van der Waals surface area contributed by atoms with Crippen LogP contribution in [-0.4, -0.2) is 16.6 Å². The van der Waals surface area contributed by atoms with Crippen LogP contribution in [0.25, 0.3) is 6.08 Å². The molecule has 0 N–H and O–H groups in total. The van der Waals surface area contributed by atoms with Crippen LogP contribution in [0.4, 0.5) is 0 Å². The van der Waals surface area contributed by atoms with Crippen LogP contribution in [0.2, 0.25) is 0 Å². The van der Waals surface area contributed by atoms with Gasteiger partial charge in [-0.15, -0.1) is 0 Å². The summed E-state index contributed by atoms with van der Waals surface area (Å²) in [5, 5.41) is 0. The molecule has 3 aromatic carbocycles. The number of rotatable bonds is 4. The number of amides is 1. The Morgan fingerprint density at radius 1 is 0.852 bits per heavy atom. The van der Waals surface area contributed by atoms with Crippen LogP contribution < -0.4 is 0 Å².